The number of rotatable bonds is 3. The van der Waals surface area contributed by atoms with E-state index in [0.29, 0.717) is 12.4 Å². The van der Waals surface area contributed by atoms with Gasteiger partial charge in [0.25, 0.3) is 5.56 Å². The number of aromatic nitrogens is 3. The lowest BCUT2D eigenvalue weighted by Crippen LogP contribution is -2.18. The van der Waals surface area contributed by atoms with E-state index in [9.17, 15) is 4.79 Å². The van der Waals surface area contributed by atoms with Gasteiger partial charge in [-0.2, -0.15) is 0 Å². The van der Waals surface area contributed by atoms with Crippen molar-refractivity contribution in [3.05, 3.63) is 56.8 Å². The molecule has 1 aromatic carbocycles. The molecule has 0 saturated carbocycles. The molecule has 0 amide bonds. The van der Waals surface area contributed by atoms with Gasteiger partial charge in [0.05, 0.1) is 12.2 Å². The van der Waals surface area contributed by atoms with Crippen LogP contribution in [0.3, 0.4) is 0 Å². The second-order valence-electron chi connectivity index (χ2n) is 6.65. The van der Waals surface area contributed by atoms with Gasteiger partial charge in [-0.25, -0.2) is 9.97 Å². The molecular weight excluding hydrogens is 348 g/mol. The smallest absolute Gasteiger partial charge is 0.259 e. The van der Waals surface area contributed by atoms with Crippen LogP contribution in [0.1, 0.15) is 35.0 Å². The molecule has 3 aromatic heterocycles. The Kier molecular flexibility index (Phi) is 3.56. The van der Waals surface area contributed by atoms with Crippen molar-refractivity contribution in [1.29, 1.82) is 0 Å². The molecule has 0 spiro atoms. The fourth-order valence-corrected chi connectivity index (χ4v) is 4.81. The average Bonchev–Trinajstić information content (AvgIpc) is 3.18. The van der Waals surface area contributed by atoms with Crippen molar-refractivity contribution in [1.82, 2.24) is 14.4 Å². The molecule has 0 radical (unpaired) electrons. The van der Waals surface area contributed by atoms with Gasteiger partial charge in [0, 0.05) is 29.2 Å². The molecule has 0 fully saturated rings. The molecule has 7 heteroatoms. The van der Waals surface area contributed by atoms with Crippen molar-refractivity contribution in [2.45, 2.75) is 39.2 Å². The zero-order chi connectivity index (χ0) is 17.7. The lowest BCUT2D eigenvalue weighted by atomic mass is 10.0. The normalized spacial score (nSPS) is 14.0. The summed E-state index contributed by atoms with van der Waals surface area (Å²) >= 11 is 1.66. The minimum Gasteiger partial charge on any atom is -0.441 e. The van der Waals surface area contributed by atoms with Crippen LogP contribution < -0.4 is 10.9 Å². The predicted octanol–water partition coefficient (Wildman–Crippen LogP) is 3.70. The Morgan fingerprint density at radius 3 is 3.04 bits per heavy atom. The standard InChI is InChI=1S/C19H18N4O2S/c1-11-21-14-8-12(6-7-16(14)25-11)20-10-13-9-18(24)23-15-4-2-3-5-17(15)26-19(23)22-13/h6-9,20H,2-5,10H2,1H3. The maximum absolute atomic E-state index is 12.6. The first kappa shape index (κ1) is 15.6. The highest BCUT2D eigenvalue weighted by Gasteiger charge is 2.18. The van der Waals surface area contributed by atoms with Crippen LogP contribution in [-0.4, -0.2) is 14.4 Å². The van der Waals surface area contributed by atoms with Crippen molar-refractivity contribution in [2.75, 3.05) is 5.32 Å². The van der Waals surface area contributed by atoms with Crippen LogP contribution in [0.25, 0.3) is 16.1 Å². The van der Waals surface area contributed by atoms with Crippen molar-refractivity contribution in [2.24, 2.45) is 0 Å². The minimum absolute atomic E-state index is 0.0220. The van der Waals surface area contributed by atoms with E-state index in [1.165, 1.54) is 17.0 Å². The molecule has 26 heavy (non-hydrogen) atoms. The van der Waals surface area contributed by atoms with E-state index < -0.39 is 0 Å². The highest BCUT2D eigenvalue weighted by Crippen LogP contribution is 2.28. The van der Waals surface area contributed by atoms with Gasteiger partial charge >= 0.3 is 0 Å². The third kappa shape index (κ3) is 2.59. The Hall–Kier alpha value is -2.67. The summed E-state index contributed by atoms with van der Waals surface area (Å²) in [7, 11) is 0. The minimum atomic E-state index is 0.0220. The zero-order valence-corrected chi connectivity index (χ0v) is 15.2. The number of benzene rings is 1. The number of oxazole rings is 1. The maximum Gasteiger partial charge on any atom is 0.259 e. The number of anilines is 1. The van der Waals surface area contributed by atoms with Gasteiger partial charge in [-0.15, -0.1) is 11.3 Å². The lowest BCUT2D eigenvalue weighted by Gasteiger charge is -2.10. The molecule has 1 aliphatic carbocycles. The molecule has 1 N–H and O–H groups in total. The van der Waals surface area contributed by atoms with Crippen molar-refractivity contribution in [3.63, 3.8) is 0 Å². The van der Waals surface area contributed by atoms with Crippen LogP contribution in [0.5, 0.6) is 0 Å². The third-order valence-corrected chi connectivity index (χ3v) is 5.93. The fourth-order valence-electron chi connectivity index (χ4n) is 3.58. The van der Waals surface area contributed by atoms with E-state index in [1.807, 2.05) is 25.1 Å². The molecule has 6 nitrogen and oxygen atoms in total. The first-order chi connectivity index (χ1) is 12.7. The second kappa shape index (κ2) is 5.95. The molecular formula is C19H18N4O2S. The Balaban J connectivity index is 1.44. The number of nitrogens with zero attached hydrogens (tertiary/aromatic N) is 3. The molecule has 0 atom stereocenters. The van der Waals surface area contributed by atoms with Crippen LogP contribution >= 0.6 is 11.3 Å². The number of nitrogens with one attached hydrogen (secondary N) is 1. The Morgan fingerprint density at radius 1 is 1.23 bits per heavy atom. The number of thiazole rings is 1. The first-order valence-electron chi connectivity index (χ1n) is 8.82. The second-order valence-corrected chi connectivity index (χ2v) is 7.71. The van der Waals surface area contributed by atoms with Crippen LogP contribution in [0, 0.1) is 6.92 Å². The zero-order valence-electron chi connectivity index (χ0n) is 14.4. The number of aryl methyl sites for hydroxylation is 3. The van der Waals surface area contributed by atoms with E-state index in [-0.39, 0.29) is 5.56 Å². The lowest BCUT2D eigenvalue weighted by molar-refractivity contribution is 0.561. The Morgan fingerprint density at radius 2 is 2.12 bits per heavy atom. The topological polar surface area (TPSA) is 72.4 Å². The number of hydrogen-bond acceptors (Lipinski definition) is 6. The quantitative estimate of drug-likeness (QED) is 0.599. The van der Waals surface area contributed by atoms with Gasteiger partial charge in [-0.05, 0) is 43.9 Å². The number of hydrogen-bond donors (Lipinski definition) is 1. The van der Waals surface area contributed by atoms with E-state index in [1.54, 1.807) is 21.8 Å². The molecule has 1 aliphatic rings. The van der Waals surface area contributed by atoms with Crippen molar-refractivity contribution in [3.8, 4) is 0 Å². The largest absolute Gasteiger partial charge is 0.441 e. The summed E-state index contributed by atoms with van der Waals surface area (Å²) in [5.41, 5.74) is 4.47. The summed E-state index contributed by atoms with van der Waals surface area (Å²) < 4.78 is 7.29. The first-order valence-corrected chi connectivity index (χ1v) is 9.63. The van der Waals surface area contributed by atoms with Gasteiger partial charge in [0.2, 0.25) is 0 Å². The predicted molar refractivity (Wildman–Crippen MR) is 102 cm³/mol. The van der Waals surface area contributed by atoms with Gasteiger partial charge in [0.15, 0.2) is 16.4 Å². The summed E-state index contributed by atoms with van der Waals surface area (Å²) in [5, 5.41) is 3.33. The van der Waals surface area contributed by atoms with Gasteiger partial charge in [0.1, 0.15) is 5.52 Å². The summed E-state index contributed by atoms with van der Waals surface area (Å²) in [6, 6.07) is 7.43. The third-order valence-electron chi connectivity index (χ3n) is 4.78. The van der Waals surface area contributed by atoms with Gasteiger partial charge in [-0.1, -0.05) is 0 Å². The van der Waals surface area contributed by atoms with E-state index >= 15 is 0 Å². The molecule has 0 unspecified atom stereocenters. The highest BCUT2D eigenvalue weighted by atomic mass is 32.1. The maximum atomic E-state index is 12.6. The molecule has 5 rings (SSSR count). The Bertz CT molecular complexity index is 1190. The molecule has 0 saturated heterocycles. The summed E-state index contributed by atoms with van der Waals surface area (Å²) in [5.74, 6) is 0.652. The van der Waals surface area contributed by atoms with Crippen LogP contribution in [0.15, 0.2) is 33.5 Å². The fraction of sp³-hybridized carbons (Fsp3) is 0.316. The van der Waals surface area contributed by atoms with Crippen LogP contribution in [0.4, 0.5) is 5.69 Å². The van der Waals surface area contributed by atoms with Crippen molar-refractivity contribution >= 4 is 33.1 Å². The molecule has 0 bridgehead atoms. The SMILES string of the molecule is Cc1nc2cc(NCc3cc(=O)n4c5c(sc4n3)CCCC5)ccc2o1. The summed E-state index contributed by atoms with van der Waals surface area (Å²) in [6.45, 7) is 2.33. The summed E-state index contributed by atoms with van der Waals surface area (Å²) in [6.07, 6.45) is 4.39. The highest BCUT2D eigenvalue weighted by molar-refractivity contribution is 7.17. The van der Waals surface area contributed by atoms with E-state index in [4.69, 9.17) is 9.40 Å². The van der Waals surface area contributed by atoms with Gasteiger partial charge < -0.3 is 9.73 Å². The molecule has 132 valence electrons. The van der Waals surface area contributed by atoms with E-state index in [2.05, 4.69) is 10.3 Å². The molecule has 4 aromatic rings. The van der Waals surface area contributed by atoms with E-state index in [0.717, 1.165) is 46.7 Å². The van der Waals surface area contributed by atoms with Crippen LogP contribution in [0.2, 0.25) is 0 Å². The van der Waals surface area contributed by atoms with Crippen LogP contribution in [-0.2, 0) is 19.4 Å². The molecule has 3 heterocycles. The molecule has 0 aliphatic heterocycles. The summed E-state index contributed by atoms with van der Waals surface area (Å²) in [4.78, 5) is 23.8. The number of fused-ring (bicyclic) bond motifs is 4. The average molecular weight is 366 g/mol. The van der Waals surface area contributed by atoms with Gasteiger partial charge in [-0.3, -0.25) is 9.20 Å². The van der Waals surface area contributed by atoms with Crippen molar-refractivity contribution < 1.29 is 4.42 Å². The Labute approximate surface area is 153 Å². The monoisotopic (exact) mass is 366 g/mol.